The zero-order valence-electron chi connectivity index (χ0n) is 5.63. The summed E-state index contributed by atoms with van der Waals surface area (Å²) in [6.45, 7) is 0. The molecule has 1 aromatic heterocycles. The van der Waals surface area contributed by atoms with Crippen LogP contribution in [0.5, 0.6) is 0 Å². The van der Waals surface area contributed by atoms with Crippen molar-refractivity contribution in [1.29, 1.82) is 0 Å². The van der Waals surface area contributed by atoms with E-state index in [1.54, 1.807) is 11.3 Å². The van der Waals surface area contributed by atoms with Crippen molar-refractivity contribution in [2.45, 2.75) is 0 Å². The Morgan fingerprint density at radius 1 is 1.27 bits per heavy atom. The third-order valence-corrected chi connectivity index (χ3v) is 2.54. The fourth-order valence-electron chi connectivity index (χ4n) is 0.894. The number of thiazole rings is 1. The van der Waals surface area contributed by atoms with Gasteiger partial charge in [-0.1, -0.05) is 12.1 Å². The molecule has 0 radical (unpaired) electrons. The van der Waals surface area contributed by atoms with E-state index >= 15 is 0 Å². The van der Waals surface area contributed by atoms with Gasteiger partial charge < -0.3 is 4.98 Å². The standard InChI is InChI=1S/C7H5NS2.H2S/c9-7-8-5-3-1-2-4-6(5)10-7;/h1-4H,(H,8,9);1H2. The van der Waals surface area contributed by atoms with Crippen molar-refractivity contribution in [1.82, 2.24) is 4.98 Å². The van der Waals surface area contributed by atoms with Gasteiger partial charge in [-0.15, -0.1) is 11.3 Å². The molecule has 1 aromatic carbocycles. The molecule has 0 saturated carbocycles. The number of aromatic nitrogens is 1. The molecule has 1 N–H and O–H groups in total. The monoisotopic (exact) mass is 201 g/mol. The van der Waals surface area contributed by atoms with E-state index in [-0.39, 0.29) is 13.5 Å². The Morgan fingerprint density at radius 3 is 2.73 bits per heavy atom. The fourth-order valence-corrected chi connectivity index (χ4v) is 2.01. The van der Waals surface area contributed by atoms with E-state index in [1.807, 2.05) is 18.2 Å². The van der Waals surface area contributed by atoms with Gasteiger partial charge in [-0.2, -0.15) is 13.5 Å². The van der Waals surface area contributed by atoms with Gasteiger partial charge in [0.1, 0.15) is 0 Å². The van der Waals surface area contributed by atoms with Gasteiger partial charge in [-0.3, -0.25) is 0 Å². The highest BCUT2D eigenvalue weighted by molar-refractivity contribution is 7.73. The van der Waals surface area contributed by atoms with Crippen molar-refractivity contribution >= 4 is 47.3 Å². The van der Waals surface area contributed by atoms with Gasteiger partial charge in [-0.25, -0.2) is 0 Å². The summed E-state index contributed by atoms with van der Waals surface area (Å²) in [4.78, 5) is 3.09. The van der Waals surface area contributed by atoms with Crippen molar-refractivity contribution in [2.75, 3.05) is 0 Å². The van der Waals surface area contributed by atoms with Gasteiger partial charge in [0.05, 0.1) is 10.2 Å². The van der Waals surface area contributed by atoms with Crippen LogP contribution < -0.4 is 0 Å². The minimum Gasteiger partial charge on any atom is -0.337 e. The van der Waals surface area contributed by atoms with E-state index in [9.17, 15) is 0 Å². The lowest BCUT2D eigenvalue weighted by Gasteiger charge is -1.81. The summed E-state index contributed by atoms with van der Waals surface area (Å²) in [6, 6.07) is 8.11. The molecule has 0 spiro atoms. The number of para-hydroxylation sites is 1. The lowest BCUT2D eigenvalue weighted by atomic mass is 10.3. The van der Waals surface area contributed by atoms with Gasteiger partial charge >= 0.3 is 0 Å². The van der Waals surface area contributed by atoms with Crippen LogP contribution in [-0.4, -0.2) is 4.98 Å². The second-order valence-corrected chi connectivity index (χ2v) is 3.73. The second-order valence-electron chi connectivity index (χ2n) is 2.01. The van der Waals surface area contributed by atoms with Crippen molar-refractivity contribution in [2.24, 2.45) is 0 Å². The molecule has 0 bridgehead atoms. The first-order valence-corrected chi connectivity index (χ1v) is 4.16. The van der Waals surface area contributed by atoms with E-state index in [4.69, 9.17) is 12.2 Å². The van der Waals surface area contributed by atoms with Gasteiger partial charge in [0.15, 0.2) is 3.95 Å². The average Bonchev–Trinajstić information content (AvgIpc) is 2.27. The number of nitrogens with one attached hydrogen (secondary N) is 1. The molecule has 0 fully saturated rings. The minimum atomic E-state index is 0. The summed E-state index contributed by atoms with van der Waals surface area (Å²) >= 11 is 6.59. The average molecular weight is 201 g/mol. The number of H-pyrrole nitrogens is 1. The maximum atomic E-state index is 4.98. The molecule has 0 aliphatic heterocycles. The van der Waals surface area contributed by atoms with E-state index in [2.05, 4.69) is 11.1 Å². The molecule has 2 rings (SSSR count). The molecule has 0 aliphatic rings. The summed E-state index contributed by atoms with van der Waals surface area (Å²) < 4.78 is 2.08. The normalized spacial score (nSPS) is 9.45. The highest BCUT2D eigenvalue weighted by atomic mass is 32.1. The van der Waals surface area contributed by atoms with Crippen LogP contribution in [0.2, 0.25) is 0 Å². The predicted molar refractivity (Wildman–Crippen MR) is 57.4 cm³/mol. The van der Waals surface area contributed by atoms with Gasteiger partial charge in [0, 0.05) is 0 Å². The molecule has 0 saturated heterocycles. The Bertz CT molecular complexity index is 365. The Kier molecular flexibility index (Phi) is 2.70. The van der Waals surface area contributed by atoms with Crippen LogP contribution in [0.4, 0.5) is 0 Å². The van der Waals surface area contributed by atoms with Crippen LogP contribution in [-0.2, 0) is 0 Å². The molecule has 58 valence electrons. The van der Waals surface area contributed by atoms with E-state index in [1.165, 1.54) is 4.70 Å². The van der Waals surface area contributed by atoms with E-state index in [0.717, 1.165) is 9.47 Å². The van der Waals surface area contributed by atoms with Crippen molar-refractivity contribution in [3.8, 4) is 0 Å². The van der Waals surface area contributed by atoms with Crippen LogP contribution in [0.15, 0.2) is 24.3 Å². The second kappa shape index (κ2) is 3.38. The zero-order chi connectivity index (χ0) is 6.97. The lowest BCUT2D eigenvalue weighted by molar-refractivity contribution is 1.47. The van der Waals surface area contributed by atoms with Crippen LogP contribution in [0.3, 0.4) is 0 Å². The summed E-state index contributed by atoms with van der Waals surface area (Å²) in [6.07, 6.45) is 0. The SMILES string of the molecule is S.S=c1[nH]c2ccccc2s1. The van der Waals surface area contributed by atoms with Gasteiger partial charge in [-0.05, 0) is 24.4 Å². The number of hydrogen-bond acceptors (Lipinski definition) is 2. The van der Waals surface area contributed by atoms with Crippen LogP contribution >= 0.6 is 37.1 Å². The molecule has 4 heteroatoms. The van der Waals surface area contributed by atoms with Crippen molar-refractivity contribution in [3.05, 3.63) is 28.2 Å². The maximum Gasteiger partial charge on any atom is 0.159 e. The largest absolute Gasteiger partial charge is 0.337 e. The first-order valence-electron chi connectivity index (χ1n) is 2.94. The Morgan fingerprint density at radius 2 is 2.00 bits per heavy atom. The fraction of sp³-hybridized carbons (Fsp3) is 0. The zero-order valence-corrected chi connectivity index (χ0v) is 8.26. The van der Waals surface area contributed by atoms with Gasteiger partial charge in [0.2, 0.25) is 0 Å². The lowest BCUT2D eigenvalue weighted by Crippen LogP contribution is -1.62. The third kappa shape index (κ3) is 1.64. The number of rotatable bonds is 0. The predicted octanol–water partition coefficient (Wildman–Crippen LogP) is 3.07. The smallest absolute Gasteiger partial charge is 0.159 e. The summed E-state index contributed by atoms with van der Waals surface area (Å²) in [5.41, 5.74) is 1.14. The van der Waals surface area contributed by atoms with E-state index in [0.29, 0.717) is 0 Å². The summed E-state index contributed by atoms with van der Waals surface area (Å²) in [5.74, 6) is 0. The molecule has 1 nitrogen and oxygen atoms in total. The molecular formula is C7H7NS3. The number of aromatic amines is 1. The highest BCUT2D eigenvalue weighted by Crippen LogP contribution is 2.17. The van der Waals surface area contributed by atoms with Crippen LogP contribution in [0, 0.1) is 3.95 Å². The Labute approximate surface area is 80.5 Å². The molecule has 0 aliphatic carbocycles. The molecule has 11 heavy (non-hydrogen) atoms. The van der Waals surface area contributed by atoms with Crippen molar-refractivity contribution in [3.63, 3.8) is 0 Å². The van der Waals surface area contributed by atoms with Gasteiger partial charge in [0.25, 0.3) is 0 Å². The van der Waals surface area contributed by atoms with E-state index < -0.39 is 0 Å². The molecular weight excluding hydrogens is 194 g/mol. The molecule has 2 aromatic rings. The molecule has 0 unspecified atom stereocenters. The summed E-state index contributed by atoms with van der Waals surface area (Å²) in [5, 5.41) is 0. The number of hydrogen-bond donors (Lipinski definition) is 1. The third-order valence-electron chi connectivity index (χ3n) is 1.33. The highest BCUT2D eigenvalue weighted by Gasteiger charge is 1.91. The number of fused-ring (bicyclic) bond motifs is 1. The molecule has 1 heterocycles. The molecule has 0 atom stereocenters. The minimum absolute atomic E-state index is 0. The van der Waals surface area contributed by atoms with Crippen LogP contribution in [0.25, 0.3) is 10.2 Å². The van der Waals surface area contributed by atoms with Crippen molar-refractivity contribution < 1.29 is 0 Å². The quantitative estimate of drug-likeness (QED) is 0.648. The number of benzene rings is 1. The molecule has 0 amide bonds. The maximum absolute atomic E-state index is 4.98. The van der Waals surface area contributed by atoms with Crippen LogP contribution in [0.1, 0.15) is 0 Å². The summed E-state index contributed by atoms with van der Waals surface area (Å²) in [7, 11) is 0. The Balaban J connectivity index is 0.000000605. The topological polar surface area (TPSA) is 15.8 Å². The first-order chi connectivity index (χ1) is 4.86. The Hall–Kier alpha value is -0.320. The first kappa shape index (κ1) is 8.77.